The predicted molar refractivity (Wildman–Crippen MR) is 67.8 cm³/mol. The van der Waals surface area contributed by atoms with E-state index in [-0.39, 0.29) is 0 Å². The van der Waals surface area contributed by atoms with E-state index in [4.69, 9.17) is 5.73 Å². The molecule has 1 saturated carbocycles. The van der Waals surface area contributed by atoms with Gasteiger partial charge in [-0.25, -0.2) is 0 Å². The van der Waals surface area contributed by atoms with Crippen molar-refractivity contribution in [3.8, 4) is 0 Å². The molecule has 1 nitrogen and oxygen atoms in total. The standard InChI is InChI=1S/C14H29N/c1-4-13-9-11(2)5-7-14(15)8-6-12(3)10-13/h11-14H,4-10,15H2,1-3H3. The first-order chi connectivity index (χ1) is 7.11. The van der Waals surface area contributed by atoms with E-state index in [2.05, 4.69) is 20.8 Å². The van der Waals surface area contributed by atoms with Crippen LogP contribution < -0.4 is 5.73 Å². The lowest BCUT2D eigenvalue weighted by molar-refractivity contribution is 0.269. The van der Waals surface area contributed by atoms with Crippen molar-refractivity contribution in [2.45, 2.75) is 71.8 Å². The van der Waals surface area contributed by atoms with Crippen molar-refractivity contribution in [3.63, 3.8) is 0 Å². The molecule has 2 unspecified atom stereocenters. The second kappa shape index (κ2) is 6.52. The molecule has 15 heavy (non-hydrogen) atoms. The summed E-state index contributed by atoms with van der Waals surface area (Å²) in [5.41, 5.74) is 6.12. The monoisotopic (exact) mass is 211 g/mol. The van der Waals surface area contributed by atoms with Crippen molar-refractivity contribution in [2.75, 3.05) is 0 Å². The van der Waals surface area contributed by atoms with Gasteiger partial charge in [0.1, 0.15) is 0 Å². The maximum absolute atomic E-state index is 6.12. The molecule has 0 spiro atoms. The van der Waals surface area contributed by atoms with Crippen molar-refractivity contribution in [1.29, 1.82) is 0 Å². The predicted octanol–water partition coefficient (Wildman–Crippen LogP) is 3.97. The fraction of sp³-hybridized carbons (Fsp3) is 1.00. The van der Waals surface area contributed by atoms with Crippen molar-refractivity contribution in [3.05, 3.63) is 0 Å². The molecule has 1 aliphatic rings. The summed E-state index contributed by atoms with van der Waals surface area (Å²) >= 11 is 0. The molecular weight excluding hydrogens is 182 g/mol. The fourth-order valence-electron chi connectivity index (χ4n) is 2.94. The first-order valence-electron chi connectivity index (χ1n) is 6.87. The van der Waals surface area contributed by atoms with Gasteiger partial charge in [0.25, 0.3) is 0 Å². The highest BCUT2D eigenvalue weighted by molar-refractivity contribution is 4.72. The Kier molecular flexibility index (Phi) is 5.66. The van der Waals surface area contributed by atoms with Gasteiger partial charge in [-0.2, -0.15) is 0 Å². The Labute approximate surface area is 95.8 Å². The van der Waals surface area contributed by atoms with Gasteiger partial charge in [0.15, 0.2) is 0 Å². The second-order valence-corrected chi connectivity index (χ2v) is 5.87. The summed E-state index contributed by atoms with van der Waals surface area (Å²) in [6.07, 6.45) is 9.37. The summed E-state index contributed by atoms with van der Waals surface area (Å²) in [6, 6.07) is 0.466. The van der Waals surface area contributed by atoms with E-state index < -0.39 is 0 Å². The van der Waals surface area contributed by atoms with Crippen molar-refractivity contribution >= 4 is 0 Å². The molecule has 1 aliphatic carbocycles. The quantitative estimate of drug-likeness (QED) is 0.698. The Bertz CT molecular complexity index is 151. The van der Waals surface area contributed by atoms with E-state index in [0.717, 1.165) is 17.8 Å². The minimum atomic E-state index is 0.466. The van der Waals surface area contributed by atoms with Gasteiger partial charge < -0.3 is 5.73 Å². The van der Waals surface area contributed by atoms with Gasteiger partial charge in [0.2, 0.25) is 0 Å². The summed E-state index contributed by atoms with van der Waals surface area (Å²) in [7, 11) is 0. The van der Waals surface area contributed by atoms with Crippen LogP contribution in [0.5, 0.6) is 0 Å². The van der Waals surface area contributed by atoms with Gasteiger partial charge in [0, 0.05) is 6.04 Å². The highest BCUT2D eigenvalue weighted by atomic mass is 14.6. The van der Waals surface area contributed by atoms with Gasteiger partial charge >= 0.3 is 0 Å². The second-order valence-electron chi connectivity index (χ2n) is 5.87. The van der Waals surface area contributed by atoms with E-state index in [9.17, 15) is 0 Å². The molecule has 90 valence electrons. The molecule has 1 fully saturated rings. The zero-order chi connectivity index (χ0) is 11.3. The zero-order valence-electron chi connectivity index (χ0n) is 10.8. The number of hydrogen-bond donors (Lipinski definition) is 1. The molecule has 0 aromatic heterocycles. The molecule has 0 aromatic rings. The first kappa shape index (κ1) is 13.0. The minimum Gasteiger partial charge on any atom is -0.328 e. The lowest BCUT2D eigenvalue weighted by Gasteiger charge is -2.26. The van der Waals surface area contributed by atoms with E-state index in [0.29, 0.717) is 6.04 Å². The topological polar surface area (TPSA) is 26.0 Å². The summed E-state index contributed by atoms with van der Waals surface area (Å²) in [6.45, 7) is 7.16. The van der Waals surface area contributed by atoms with Crippen LogP contribution in [0.1, 0.15) is 65.7 Å². The van der Waals surface area contributed by atoms with Crippen LogP contribution >= 0.6 is 0 Å². The van der Waals surface area contributed by atoms with Crippen LogP contribution in [0.3, 0.4) is 0 Å². The van der Waals surface area contributed by atoms with Gasteiger partial charge in [-0.05, 0) is 56.3 Å². The smallest absolute Gasteiger partial charge is 0.00390 e. The number of nitrogens with two attached hydrogens (primary N) is 1. The maximum atomic E-state index is 6.12. The molecule has 0 saturated heterocycles. The molecule has 1 rings (SSSR count). The van der Waals surface area contributed by atoms with E-state index >= 15 is 0 Å². The van der Waals surface area contributed by atoms with Gasteiger partial charge in [-0.3, -0.25) is 0 Å². The third-order valence-electron chi connectivity index (χ3n) is 4.11. The van der Waals surface area contributed by atoms with Crippen molar-refractivity contribution in [1.82, 2.24) is 0 Å². The normalized spacial score (nSPS) is 40.0. The molecule has 1 heteroatoms. The summed E-state index contributed by atoms with van der Waals surface area (Å²) in [5.74, 6) is 2.72. The Morgan fingerprint density at radius 2 is 1.40 bits per heavy atom. The lowest BCUT2D eigenvalue weighted by atomic mass is 9.81. The van der Waals surface area contributed by atoms with Crippen LogP contribution in [-0.2, 0) is 0 Å². The molecule has 0 aliphatic heterocycles. The molecule has 0 amide bonds. The Hall–Kier alpha value is -0.0400. The van der Waals surface area contributed by atoms with E-state index in [1.807, 2.05) is 0 Å². The Balaban J connectivity index is 2.48. The average molecular weight is 211 g/mol. The van der Waals surface area contributed by atoms with Gasteiger partial charge in [0.05, 0.1) is 0 Å². The van der Waals surface area contributed by atoms with Crippen molar-refractivity contribution < 1.29 is 0 Å². The lowest BCUT2D eigenvalue weighted by Crippen LogP contribution is -2.23. The molecule has 2 N–H and O–H groups in total. The molecule has 0 bridgehead atoms. The van der Waals surface area contributed by atoms with Crippen LogP contribution in [0, 0.1) is 17.8 Å². The zero-order valence-corrected chi connectivity index (χ0v) is 10.8. The average Bonchev–Trinajstić information content (AvgIpc) is 2.21. The molecule has 2 atom stereocenters. The largest absolute Gasteiger partial charge is 0.328 e. The third kappa shape index (κ3) is 5.01. The molecular formula is C14H29N. The van der Waals surface area contributed by atoms with Crippen LogP contribution in [0.15, 0.2) is 0 Å². The van der Waals surface area contributed by atoms with Crippen molar-refractivity contribution in [2.24, 2.45) is 23.5 Å². The Morgan fingerprint density at radius 3 is 1.80 bits per heavy atom. The molecule has 0 aromatic carbocycles. The Morgan fingerprint density at radius 1 is 0.933 bits per heavy atom. The summed E-state index contributed by atoms with van der Waals surface area (Å²) < 4.78 is 0. The highest BCUT2D eigenvalue weighted by Gasteiger charge is 2.18. The summed E-state index contributed by atoms with van der Waals surface area (Å²) in [4.78, 5) is 0. The van der Waals surface area contributed by atoms with Gasteiger partial charge in [-0.15, -0.1) is 0 Å². The van der Waals surface area contributed by atoms with Crippen LogP contribution in [-0.4, -0.2) is 6.04 Å². The SMILES string of the molecule is CCC1CC(C)CCC(N)CCC(C)C1. The number of hydrogen-bond acceptors (Lipinski definition) is 1. The molecule has 0 heterocycles. The van der Waals surface area contributed by atoms with Gasteiger partial charge in [-0.1, -0.05) is 27.2 Å². The fourth-order valence-corrected chi connectivity index (χ4v) is 2.94. The maximum Gasteiger partial charge on any atom is 0.00390 e. The van der Waals surface area contributed by atoms with Crippen LogP contribution in [0.2, 0.25) is 0 Å². The first-order valence-corrected chi connectivity index (χ1v) is 6.87. The van der Waals surface area contributed by atoms with Crippen LogP contribution in [0.4, 0.5) is 0 Å². The van der Waals surface area contributed by atoms with E-state index in [1.54, 1.807) is 0 Å². The van der Waals surface area contributed by atoms with E-state index in [1.165, 1.54) is 44.9 Å². The highest BCUT2D eigenvalue weighted by Crippen LogP contribution is 2.29. The third-order valence-corrected chi connectivity index (χ3v) is 4.11. The number of rotatable bonds is 1. The van der Waals surface area contributed by atoms with Crippen LogP contribution in [0.25, 0.3) is 0 Å². The minimum absolute atomic E-state index is 0.466. The molecule has 0 radical (unpaired) electrons. The summed E-state index contributed by atoms with van der Waals surface area (Å²) in [5, 5.41) is 0.